The van der Waals surface area contributed by atoms with E-state index in [4.69, 9.17) is 10.8 Å². The monoisotopic (exact) mass is 182 g/mol. The van der Waals surface area contributed by atoms with Gasteiger partial charge in [-0.15, -0.1) is 0 Å². The van der Waals surface area contributed by atoms with Crippen molar-refractivity contribution in [3.05, 3.63) is 23.5 Å². The highest BCUT2D eigenvalue weighted by atomic mass is 16.4. The van der Waals surface area contributed by atoms with Crippen molar-refractivity contribution in [1.82, 2.24) is 4.57 Å². The van der Waals surface area contributed by atoms with Crippen LogP contribution in [0.15, 0.2) is 12.3 Å². The van der Waals surface area contributed by atoms with E-state index >= 15 is 0 Å². The number of carbonyl (C=O) groups excluding carboxylic acids is 1. The Balaban J connectivity index is 3.08. The summed E-state index contributed by atoms with van der Waals surface area (Å²) in [5, 5.41) is 8.73. The second-order valence-electron chi connectivity index (χ2n) is 2.74. The number of nitrogens with zero attached hydrogens (tertiary/aromatic N) is 1. The van der Waals surface area contributed by atoms with E-state index in [1.54, 1.807) is 17.8 Å². The third-order valence-corrected chi connectivity index (χ3v) is 1.77. The van der Waals surface area contributed by atoms with Crippen LogP contribution in [0.5, 0.6) is 0 Å². The summed E-state index contributed by atoms with van der Waals surface area (Å²) < 4.78 is 1.58. The van der Waals surface area contributed by atoms with Crippen molar-refractivity contribution in [2.75, 3.05) is 0 Å². The van der Waals surface area contributed by atoms with Crippen LogP contribution in [0, 0.1) is 0 Å². The molecule has 5 heteroatoms. The Bertz CT molecular complexity index is 354. The van der Waals surface area contributed by atoms with Crippen LogP contribution in [0.1, 0.15) is 16.1 Å². The lowest BCUT2D eigenvalue weighted by molar-refractivity contribution is -0.117. The Kier molecular flexibility index (Phi) is 2.36. The van der Waals surface area contributed by atoms with E-state index in [0.29, 0.717) is 5.69 Å². The lowest BCUT2D eigenvalue weighted by Gasteiger charge is -2.01. The van der Waals surface area contributed by atoms with E-state index < -0.39 is 11.9 Å². The van der Waals surface area contributed by atoms with Crippen molar-refractivity contribution in [3.63, 3.8) is 0 Å². The zero-order chi connectivity index (χ0) is 10.0. The molecule has 0 saturated carbocycles. The molecule has 3 N–H and O–H groups in total. The fourth-order valence-electron chi connectivity index (χ4n) is 1.14. The van der Waals surface area contributed by atoms with Crippen molar-refractivity contribution in [2.45, 2.75) is 6.42 Å². The zero-order valence-electron chi connectivity index (χ0n) is 7.15. The van der Waals surface area contributed by atoms with Gasteiger partial charge >= 0.3 is 5.97 Å². The van der Waals surface area contributed by atoms with Gasteiger partial charge in [-0.2, -0.15) is 0 Å². The molecule has 0 aromatic carbocycles. The highest BCUT2D eigenvalue weighted by Crippen LogP contribution is 2.10. The summed E-state index contributed by atoms with van der Waals surface area (Å²) in [6.45, 7) is 0. The summed E-state index contributed by atoms with van der Waals surface area (Å²) in [5.41, 5.74) is 5.53. The fraction of sp³-hybridized carbons (Fsp3) is 0.250. The summed E-state index contributed by atoms with van der Waals surface area (Å²) in [5.74, 6) is -1.58. The maximum Gasteiger partial charge on any atom is 0.337 e. The molecule has 0 bridgehead atoms. The molecule has 1 heterocycles. The van der Waals surface area contributed by atoms with Crippen LogP contribution in [0.4, 0.5) is 0 Å². The predicted octanol–water partition coefficient (Wildman–Crippen LogP) is -0.249. The molecule has 0 fully saturated rings. The first-order valence-corrected chi connectivity index (χ1v) is 3.68. The first-order chi connectivity index (χ1) is 6.02. The molecule has 0 aliphatic heterocycles. The molecule has 0 atom stereocenters. The molecule has 13 heavy (non-hydrogen) atoms. The summed E-state index contributed by atoms with van der Waals surface area (Å²) in [6, 6.07) is 1.45. The quantitative estimate of drug-likeness (QED) is 0.676. The Morgan fingerprint density at radius 1 is 1.62 bits per heavy atom. The van der Waals surface area contributed by atoms with Crippen LogP contribution in [0.3, 0.4) is 0 Å². The molecule has 0 spiro atoms. The average Bonchev–Trinajstić information content (AvgIpc) is 2.32. The van der Waals surface area contributed by atoms with Crippen molar-refractivity contribution in [1.29, 1.82) is 0 Å². The summed E-state index contributed by atoms with van der Waals surface area (Å²) in [6.07, 6.45) is 1.53. The minimum atomic E-state index is -1.04. The molecule has 0 aliphatic carbocycles. The van der Waals surface area contributed by atoms with Crippen LogP contribution in [-0.2, 0) is 18.3 Å². The number of nitrogens with two attached hydrogens (primary N) is 1. The highest BCUT2D eigenvalue weighted by Gasteiger charge is 2.14. The van der Waals surface area contributed by atoms with Gasteiger partial charge in [0.05, 0.1) is 12.0 Å². The van der Waals surface area contributed by atoms with E-state index in [1.807, 2.05) is 0 Å². The van der Waals surface area contributed by atoms with E-state index in [-0.39, 0.29) is 12.0 Å². The number of primary amides is 1. The van der Waals surface area contributed by atoms with Crippen LogP contribution in [-0.4, -0.2) is 21.6 Å². The first kappa shape index (κ1) is 9.31. The van der Waals surface area contributed by atoms with Gasteiger partial charge < -0.3 is 15.4 Å². The third-order valence-electron chi connectivity index (χ3n) is 1.77. The van der Waals surface area contributed by atoms with E-state index in [2.05, 4.69) is 0 Å². The second kappa shape index (κ2) is 3.30. The summed E-state index contributed by atoms with van der Waals surface area (Å²) >= 11 is 0. The van der Waals surface area contributed by atoms with Gasteiger partial charge in [0.25, 0.3) is 0 Å². The van der Waals surface area contributed by atoms with Crippen molar-refractivity contribution >= 4 is 11.9 Å². The number of carboxylic acid groups (broad SMARTS) is 1. The molecule has 0 aliphatic rings. The van der Waals surface area contributed by atoms with Gasteiger partial charge in [-0.05, 0) is 6.07 Å². The first-order valence-electron chi connectivity index (χ1n) is 3.68. The maximum absolute atomic E-state index is 10.7. The van der Waals surface area contributed by atoms with Crippen LogP contribution in [0.2, 0.25) is 0 Å². The topological polar surface area (TPSA) is 85.3 Å². The number of aromatic nitrogens is 1. The molecule has 1 rings (SSSR count). The Labute approximate surface area is 74.8 Å². The lowest BCUT2D eigenvalue weighted by atomic mass is 10.2. The molecule has 5 nitrogen and oxygen atoms in total. The van der Waals surface area contributed by atoms with Crippen LogP contribution < -0.4 is 5.73 Å². The SMILES string of the molecule is Cn1ccc(C(=O)O)c1CC(N)=O. The molecule has 70 valence electrons. The fourth-order valence-corrected chi connectivity index (χ4v) is 1.14. The molecule has 0 saturated heterocycles. The zero-order valence-corrected chi connectivity index (χ0v) is 7.15. The summed E-state index contributed by atoms with van der Waals surface area (Å²) in [4.78, 5) is 21.3. The largest absolute Gasteiger partial charge is 0.478 e. The van der Waals surface area contributed by atoms with E-state index in [9.17, 15) is 9.59 Å². The third kappa shape index (κ3) is 1.87. The minimum Gasteiger partial charge on any atom is -0.478 e. The number of carboxylic acids is 1. The Morgan fingerprint density at radius 2 is 2.23 bits per heavy atom. The van der Waals surface area contributed by atoms with Crippen molar-refractivity contribution < 1.29 is 14.7 Å². The highest BCUT2D eigenvalue weighted by molar-refractivity contribution is 5.91. The van der Waals surface area contributed by atoms with E-state index in [1.165, 1.54) is 6.07 Å². The summed E-state index contributed by atoms with van der Waals surface area (Å²) in [7, 11) is 1.67. The minimum absolute atomic E-state index is 0.0505. The van der Waals surface area contributed by atoms with Gasteiger partial charge in [-0.25, -0.2) is 4.79 Å². The standard InChI is InChI=1S/C8H10N2O3/c1-10-3-2-5(8(12)13)6(10)4-7(9)11/h2-3H,4H2,1H3,(H2,9,11)(H,12,13). The van der Waals surface area contributed by atoms with Crippen LogP contribution in [0.25, 0.3) is 0 Å². The normalized spacial score (nSPS) is 9.92. The molecule has 0 unspecified atom stereocenters. The molecule has 1 aromatic rings. The van der Waals surface area contributed by atoms with Gasteiger partial charge in [0.15, 0.2) is 0 Å². The van der Waals surface area contributed by atoms with Gasteiger partial charge in [-0.3, -0.25) is 4.79 Å². The number of hydrogen-bond acceptors (Lipinski definition) is 2. The second-order valence-corrected chi connectivity index (χ2v) is 2.74. The van der Waals surface area contributed by atoms with Gasteiger partial charge in [0.2, 0.25) is 5.91 Å². The van der Waals surface area contributed by atoms with Gasteiger partial charge in [0.1, 0.15) is 0 Å². The maximum atomic E-state index is 10.7. The number of hydrogen-bond donors (Lipinski definition) is 2. The number of rotatable bonds is 3. The Hall–Kier alpha value is -1.78. The number of aryl methyl sites for hydroxylation is 1. The lowest BCUT2D eigenvalue weighted by Crippen LogP contribution is -2.17. The molecule has 1 aromatic heterocycles. The number of aromatic carboxylic acids is 1. The molecule has 1 amide bonds. The molecule has 0 radical (unpaired) electrons. The van der Waals surface area contributed by atoms with Gasteiger partial charge in [-0.1, -0.05) is 0 Å². The van der Waals surface area contributed by atoms with E-state index in [0.717, 1.165) is 0 Å². The predicted molar refractivity (Wildman–Crippen MR) is 45.3 cm³/mol. The van der Waals surface area contributed by atoms with Crippen LogP contribution >= 0.6 is 0 Å². The smallest absolute Gasteiger partial charge is 0.337 e. The molecular weight excluding hydrogens is 172 g/mol. The Morgan fingerprint density at radius 3 is 2.69 bits per heavy atom. The molecular formula is C8H10N2O3. The van der Waals surface area contributed by atoms with Crippen molar-refractivity contribution in [2.24, 2.45) is 12.8 Å². The average molecular weight is 182 g/mol. The van der Waals surface area contributed by atoms with Gasteiger partial charge in [0, 0.05) is 18.9 Å². The number of carbonyl (C=O) groups is 2. The number of amides is 1. The van der Waals surface area contributed by atoms with Crippen molar-refractivity contribution in [3.8, 4) is 0 Å².